The maximum Gasteiger partial charge on any atom is 0.336 e. The lowest BCUT2D eigenvalue weighted by atomic mass is 10.1. The number of hydrogen-bond donors (Lipinski definition) is 0. The maximum absolute atomic E-state index is 13.0. The molecule has 0 aliphatic heterocycles. The summed E-state index contributed by atoms with van der Waals surface area (Å²) in [6.45, 7) is 0. The summed E-state index contributed by atoms with van der Waals surface area (Å²) < 4.78 is 11.4. The van der Waals surface area contributed by atoms with Crippen molar-refractivity contribution in [3.63, 3.8) is 0 Å². The molecule has 0 aliphatic carbocycles. The van der Waals surface area contributed by atoms with E-state index in [1.54, 1.807) is 42.5 Å². The van der Waals surface area contributed by atoms with Crippen molar-refractivity contribution in [2.75, 3.05) is 0 Å². The summed E-state index contributed by atoms with van der Waals surface area (Å²) in [5.74, 6) is -0.540. The lowest BCUT2D eigenvalue weighted by molar-refractivity contribution is -0.129. The molecule has 0 saturated heterocycles. The van der Waals surface area contributed by atoms with Gasteiger partial charge in [0, 0.05) is 11.6 Å². The van der Waals surface area contributed by atoms with Crippen LogP contribution in [0.3, 0.4) is 0 Å². The minimum Gasteiger partial charge on any atom is -0.452 e. The number of para-hydroxylation sites is 1. The van der Waals surface area contributed by atoms with E-state index < -0.39 is 5.97 Å². The maximum atomic E-state index is 13.0. The number of fused-ring (bicyclic) bond motifs is 1. The summed E-state index contributed by atoms with van der Waals surface area (Å²) >= 11 is 0. The van der Waals surface area contributed by atoms with E-state index in [0.29, 0.717) is 16.5 Å². The zero-order valence-electron chi connectivity index (χ0n) is 14.9. The molecule has 1 aromatic heterocycles. The van der Waals surface area contributed by atoms with Gasteiger partial charge < -0.3 is 9.15 Å². The van der Waals surface area contributed by atoms with Crippen LogP contribution in [0.5, 0.6) is 5.75 Å². The van der Waals surface area contributed by atoms with E-state index in [-0.39, 0.29) is 16.9 Å². The molecule has 0 fully saturated rings. The smallest absolute Gasteiger partial charge is 0.336 e. The first-order valence-electron chi connectivity index (χ1n) is 8.78. The van der Waals surface area contributed by atoms with Crippen LogP contribution in [-0.4, -0.2) is 5.97 Å². The summed E-state index contributed by atoms with van der Waals surface area (Å²) in [4.78, 5) is 25.3. The van der Waals surface area contributed by atoms with E-state index >= 15 is 0 Å². The van der Waals surface area contributed by atoms with E-state index in [1.165, 1.54) is 6.08 Å². The fraction of sp³-hybridized carbons (Fsp3) is 0. The zero-order chi connectivity index (χ0) is 19.3. The first kappa shape index (κ1) is 17.5. The Kier molecular flexibility index (Phi) is 4.85. The second-order valence-corrected chi connectivity index (χ2v) is 6.12. The molecule has 136 valence electrons. The third kappa shape index (κ3) is 3.62. The number of carbonyl (C=O) groups excluding carboxylic acids is 1. The average molecular weight is 368 g/mol. The van der Waals surface area contributed by atoms with Crippen molar-refractivity contribution in [3.05, 3.63) is 107 Å². The van der Waals surface area contributed by atoms with Gasteiger partial charge in [0.15, 0.2) is 5.76 Å². The highest BCUT2D eigenvalue weighted by Gasteiger charge is 2.19. The fourth-order valence-corrected chi connectivity index (χ4v) is 2.86. The predicted molar refractivity (Wildman–Crippen MR) is 109 cm³/mol. The second kappa shape index (κ2) is 7.76. The molecule has 4 nitrogen and oxygen atoms in total. The van der Waals surface area contributed by atoms with Crippen molar-refractivity contribution in [2.45, 2.75) is 0 Å². The predicted octanol–water partition coefficient (Wildman–Crippen LogP) is 5.08. The highest BCUT2D eigenvalue weighted by atomic mass is 16.5. The molecule has 4 aromatic rings. The third-order valence-corrected chi connectivity index (χ3v) is 4.21. The van der Waals surface area contributed by atoms with Crippen LogP contribution >= 0.6 is 0 Å². The van der Waals surface area contributed by atoms with E-state index in [9.17, 15) is 9.59 Å². The van der Waals surface area contributed by atoms with Gasteiger partial charge in [-0.25, -0.2) is 4.79 Å². The van der Waals surface area contributed by atoms with Crippen LogP contribution < -0.4 is 10.2 Å². The van der Waals surface area contributed by atoms with Crippen LogP contribution in [0.1, 0.15) is 5.56 Å². The molecule has 0 bridgehead atoms. The van der Waals surface area contributed by atoms with E-state index in [1.807, 2.05) is 48.5 Å². The van der Waals surface area contributed by atoms with Gasteiger partial charge in [0.1, 0.15) is 5.58 Å². The molecular formula is C24H16O4. The van der Waals surface area contributed by atoms with Gasteiger partial charge in [-0.2, -0.15) is 0 Å². The highest BCUT2D eigenvalue weighted by molar-refractivity contribution is 5.91. The van der Waals surface area contributed by atoms with Crippen LogP contribution in [0.2, 0.25) is 0 Å². The van der Waals surface area contributed by atoms with Crippen molar-refractivity contribution in [1.82, 2.24) is 0 Å². The molecule has 0 radical (unpaired) electrons. The van der Waals surface area contributed by atoms with Gasteiger partial charge in [-0.05, 0) is 23.8 Å². The Morgan fingerprint density at radius 3 is 2.21 bits per heavy atom. The van der Waals surface area contributed by atoms with Crippen LogP contribution in [0.4, 0.5) is 0 Å². The summed E-state index contributed by atoms with van der Waals surface area (Å²) in [5, 5.41) is 0.358. The molecule has 4 heteroatoms. The van der Waals surface area contributed by atoms with Crippen molar-refractivity contribution >= 4 is 23.0 Å². The van der Waals surface area contributed by atoms with Gasteiger partial charge in [-0.15, -0.1) is 0 Å². The van der Waals surface area contributed by atoms with Gasteiger partial charge in [0.25, 0.3) is 0 Å². The fourth-order valence-electron chi connectivity index (χ4n) is 2.86. The van der Waals surface area contributed by atoms with Gasteiger partial charge in [-0.3, -0.25) is 4.79 Å². The Bertz CT molecular complexity index is 1210. The summed E-state index contributed by atoms with van der Waals surface area (Å²) in [7, 11) is 0. The van der Waals surface area contributed by atoms with E-state index in [0.717, 1.165) is 5.56 Å². The Morgan fingerprint density at radius 1 is 0.821 bits per heavy atom. The molecule has 4 rings (SSSR count). The lowest BCUT2D eigenvalue weighted by Gasteiger charge is -2.09. The van der Waals surface area contributed by atoms with E-state index in [4.69, 9.17) is 9.15 Å². The third-order valence-electron chi connectivity index (χ3n) is 4.21. The number of esters is 1. The van der Waals surface area contributed by atoms with E-state index in [2.05, 4.69) is 0 Å². The van der Waals surface area contributed by atoms with Gasteiger partial charge >= 0.3 is 5.97 Å². The molecule has 0 saturated carbocycles. The number of benzene rings is 3. The van der Waals surface area contributed by atoms with Crippen LogP contribution in [-0.2, 0) is 4.79 Å². The molecule has 0 unspecified atom stereocenters. The molecule has 0 atom stereocenters. The topological polar surface area (TPSA) is 56.5 Å². The average Bonchev–Trinajstić information content (AvgIpc) is 2.75. The number of ether oxygens (including phenoxy) is 1. The number of hydrogen-bond acceptors (Lipinski definition) is 4. The second-order valence-electron chi connectivity index (χ2n) is 6.12. The number of rotatable bonds is 4. The molecular weight excluding hydrogens is 352 g/mol. The van der Waals surface area contributed by atoms with Crippen LogP contribution in [0, 0.1) is 0 Å². The Labute approximate surface area is 161 Å². The Balaban J connectivity index is 1.77. The normalized spacial score (nSPS) is 11.0. The van der Waals surface area contributed by atoms with Crippen molar-refractivity contribution in [1.29, 1.82) is 0 Å². The Hall–Kier alpha value is -3.92. The number of carbonyl (C=O) groups is 1. The van der Waals surface area contributed by atoms with Crippen molar-refractivity contribution in [3.8, 4) is 17.1 Å². The summed E-state index contributed by atoms with van der Waals surface area (Å²) in [6, 6.07) is 25.3. The van der Waals surface area contributed by atoms with Gasteiger partial charge in [0.2, 0.25) is 11.2 Å². The van der Waals surface area contributed by atoms with Gasteiger partial charge in [0.05, 0.1) is 5.39 Å². The molecule has 0 aliphatic rings. The standard InChI is InChI=1S/C24H16O4/c25-21(16-15-17-9-3-1-4-10-17)28-24-22(26)19-13-7-8-14-20(19)27-23(24)18-11-5-2-6-12-18/h1-16H. The lowest BCUT2D eigenvalue weighted by Crippen LogP contribution is -2.14. The van der Waals surface area contributed by atoms with Gasteiger partial charge in [-0.1, -0.05) is 72.8 Å². The SMILES string of the molecule is O=C(C=Cc1ccccc1)Oc1c(-c2ccccc2)oc2ccccc2c1=O. The van der Waals surface area contributed by atoms with Crippen molar-refractivity contribution in [2.24, 2.45) is 0 Å². The quantitative estimate of drug-likeness (QED) is 0.372. The zero-order valence-corrected chi connectivity index (χ0v) is 14.9. The Morgan fingerprint density at radius 2 is 1.46 bits per heavy atom. The molecule has 3 aromatic carbocycles. The minimum absolute atomic E-state index is 0.118. The molecule has 0 spiro atoms. The van der Waals surface area contributed by atoms with Crippen LogP contribution in [0.15, 0.2) is 100 Å². The van der Waals surface area contributed by atoms with Crippen molar-refractivity contribution < 1.29 is 13.9 Å². The first-order valence-corrected chi connectivity index (χ1v) is 8.78. The summed E-state index contributed by atoms with van der Waals surface area (Å²) in [6.07, 6.45) is 2.92. The first-order chi connectivity index (χ1) is 13.7. The molecule has 0 amide bonds. The largest absolute Gasteiger partial charge is 0.452 e. The monoisotopic (exact) mass is 368 g/mol. The van der Waals surface area contributed by atoms with Crippen LogP contribution in [0.25, 0.3) is 28.4 Å². The molecule has 28 heavy (non-hydrogen) atoms. The summed E-state index contributed by atoms with van der Waals surface area (Å²) in [5.41, 5.74) is 1.56. The molecule has 0 N–H and O–H groups in total. The minimum atomic E-state index is -0.649. The molecule has 1 heterocycles. The highest BCUT2D eigenvalue weighted by Crippen LogP contribution is 2.30.